The van der Waals surface area contributed by atoms with E-state index in [9.17, 15) is 21.0 Å². The van der Waals surface area contributed by atoms with Gasteiger partial charge in [0, 0.05) is 47.7 Å². The number of anilines is 3. The molecule has 0 aliphatic heterocycles. The van der Waals surface area contributed by atoms with Crippen molar-refractivity contribution in [1.29, 1.82) is 21.0 Å². The van der Waals surface area contributed by atoms with Crippen molar-refractivity contribution in [2.24, 2.45) is 0 Å². The Kier molecular flexibility index (Phi) is 10.0. The number of nitriles is 4. The van der Waals surface area contributed by atoms with Crippen LogP contribution in [0.15, 0.2) is 151 Å². The molecule has 4 aromatic carbocycles. The molecule has 230 valence electrons. The highest BCUT2D eigenvalue weighted by Gasteiger charge is 2.23. The highest BCUT2D eigenvalue weighted by atomic mass is 32.1. The molecule has 6 rings (SSSR count). The molecule has 0 bridgehead atoms. The number of rotatable bonds is 9. The molecule has 7 heteroatoms. The predicted molar refractivity (Wildman–Crippen MR) is 200 cm³/mol. The highest BCUT2D eigenvalue weighted by molar-refractivity contribution is 7.23. The van der Waals surface area contributed by atoms with Gasteiger partial charge in [0.1, 0.15) is 35.4 Å². The molecule has 0 atom stereocenters. The van der Waals surface area contributed by atoms with Gasteiger partial charge in [-0.15, -0.1) is 22.7 Å². The molecule has 49 heavy (non-hydrogen) atoms. The van der Waals surface area contributed by atoms with E-state index in [2.05, 4.69) is 71.6 Å². The van der Waals surface area contributed by atoms with E-state index in [1.807, 2.05) is 84.9 Å². The summed E-state index contributed by atoms with van der Waals surface area (Å²) in [5.74, 6) is 0. The summed E-state index contributed by atoms with van der Waals surface area (Å²) in [5.41, 5.74) is 5.11. The fourth-order valence-electron chi connectivity index (χ4n) is 5.36. The Hall–Kier alpha value is -6.74. The van der Waals surface area contributed by atoms with E-state index in [0.717, 1.165) is 37.3 Å². The van der Waals surface area contributed by atoms with Gasteiger partial charge < -0.3 is 4.90 Å². The van der Waals surface area contributed by atoms with Crippen molar-refractivity contribution in [3.05, 3.63) is 172 Å². The fraction of sp³-hybridized carbons (Fsp3) is 0. The zero-order valence-corrected chi connectivity index (χ0v) is 27.6. The molecule has 0 aliphatic carbocycles. The molecule has 0 saturated carbocycles. The fourth-order valence-corrected chi connectivity index (χ4v) is 7.42. The van der Waals surface area contributed by atoms with Crippen LogP contribution < -0.4 is 4.90 Å². The third-order valence-corrected chi connectivity index (χ3v) is 9.95. The standard InChI is InChI=1S/C42H25N5S2/c43-26-32(27-44)41(31-10-4-1-5-11-31)42(33(28-45)29-46)40-25-24-39(49-40)38-23-22-37(48-38)21-18-30-16-19-36(20-17-30)47(34-12-6-2-7-13-34)35-14-8-3-9-15-35/h1-25H/b21-18+. The third kappa shape index (κ3) is 7.16. The molecule has 0 unspecified atom stereocenters. The monoisotopic (exact) mass is 663 g/mol. The molecular formula is C42H25N5S2. The van der Waals surface area contributed by atoms with E-state index in [1.54, 1.807) is 35.6 Å². The molecular weight excluding hydrogens is 639 g/mol. The van der Waals surface area contributed by atoms with Gasteiger partial charge in [0.05, 0.1) is 0 Å². The van der Waals surface area contributed by atoms with Gasteiger partial charge >= 0.3 is 0 Å². The van der Waals surface area contributed by atoms with E-state index in [-0.39, 0.29) is 22.3 Å². The van der Waals surface area contributed by atoms with Crippen LogP contribution in [0.5, 0.6) is 0 Å². The van der Waals surface area contributed by atoms with Crippen LogP contribution in [0.1, 0.15) is 20.9 Å². The molecule has 0 aliphatic rings. The summed E-state index contributed by atoms with van der Waals surface area (Å²) in [7, 11) is 0. The number of thiophene rings is 2. The van der Waals surface area contributed by atoms with E-state index < -0.39 is 0 Å². The summed E-state index contributed by atoms with van der Waals surface area (Å²) in [6, 6.07) is 53.7. The Labute approximate surface area is 293 Å². The van der Waals surface area contributed by atoms with Gasteiger partial charge in [0.2, 0.25) is 0 Å². The maximum Gasteiger partial charge on any atom is 0.138 e. The third-order valence-electron chi connectivity index (χ3n) is 7.60. The van der Waals surface area contributed by atoms with Crippen molar-refractivity contribution in [2.75, 3.05) is 4.90 Å². The molecule has 0 saturated heterocycles. The van der Waals surface area contributed by atoms with Crippen molar-refractivity contribution >= 4 is 63.0 Å². The van der Waals surface area contributed by atoms with Crippen LogP contribution >= 0.6 is 22.7 Å². The second-order valence-electron chi connectivity index (χ2n) is 10.6. The van der Waals surface area contributed by atoms with Crippen LogP contribution in [0.2, 0.25) is 0 Å². The van der Waals surface area contributed by atoms with Crippen LogP contribution in [-0.4, -0.2) is 0 Å². The van der Waals surface area contributed by atoms with Crippen LogP contribution in [0.3, 0.4) is 0 Å². The molecule has 0 radical (unpaired) electrons. The highest BCUT2D eigenvalue weighted by Crippen LogP contribution is 2.43. The Morgan fingerprint density at radius 2 is 0.959 bits per heavy atom. The smallest absolute Gasteiger partial charge is 0.138 e. The maximum atomic E-state index is 9.89. The van der Waals surface area contributed by atoms with Gasteiger partial charge in [-0.25, -0.2) is 0 Å². The van der Waals surface area contributed by atoms with Gasteiger partial charge in [-0.3, -0.25) is 0 Å². The Morgan fingerprint density at radius 1 is 0.469 bits per heavy atom. The van der Waals surface area contributed by atoms with Crippen molar-refractivity contribution in [3.8, 4) is 34.0 Å². The average Bonchev–Trinajstić information content (AvgIpc) is 3.85. The first-order chi connectivity index (χ1) is 24.1. The van der Waals surface area contributed by atoms with Gasteiger partial charge in [-0.2, -0.15) is 21.0 Å². The van der Waals surface area contributed by atoms with Gasteiger partial charge in [0.25, 0.3) is 0 Å². The minimum Gasteiger partial charge on any atom is -0.311 e. The number of benzene rings is 4. The number of para-hydroxylation sites is 2. The Morgan fingerprint density at radius 3 is 1.53 bits per heavy atom. The Bertz CT molecular complexity index is 2280. The molecule has 0 amide bonds. The normalized spacial score (nSPS) is 10.3. The second-order valence-corrected chi connectivity index (χ2v) is 12.8. The van der Waals surface area contributed by atoms with E-state index >= 15 is 0 Å². The number of allylic oxidation sites excluding steroid dienone is 4. The second kappa shape index (κ2) is 15.2. The molecule has 6 aromatic rings. The van der Waals surface area contributed by atoms with Gasteiger partial charge in [-0.1, -0.05) is 84.9 Å². The lowest BCUT2D eigenvalue weighted by Crippen LogP contribution is -2.09. The lowest BCUT2D eigenvalue weighted by atomic mass is 9.90. The lowest BCUT2D eigenvalue weighted by Gasteiger charge is -2.25. The predicted octanol–water partition coefficient (Wildman–Crippen LogP) is 11.4. The first kappa shape index (κ1) is 32.2. The summed E-state index contributed by atoms with van der Waals surface area (Å²) in [6.45, 7) is 0. The maximum absolute atomic E-state index is 9.89. The number of nitrogens with zero attached hydrogens (tertiary/aromatic N) is 5. The summed E-state index contributed by atoms with van der Waals surface area (Å²) in [5, 5.41) is 39.4. The summed E-state index contributed by atoms with van der Waals surface area (Å²) >= 11 is 3.04. The quantitative estimate of drug-likeness (QED) is 0.113. The van der Waals surface area contributed by atoms with Crippen LogP contribution in [0, 0.1) is 45.3 Å². The van der Waals surface area contributed by atoms with Crippen LogP contribution in [0.25, 0.3) is 33.1 Å². The molecule has 0 N–H and O–H groups in total. The first-order valence-electron chi connectivity index (χ1n) is 15.2. The first-order valence-corrected chi connectivity index (χ1v) is 16.8. The lowest BCUT2D eigenvalue weighted by molar-refractivity contribution is 1.28. The Balaban J connectivity index is 1.27. The minimum atomic E-state index is -0.163. The molecule has 2 heterocycles. The minimum absolute atomic E-state index is 0.160. The van der Waals surface area contributed by atoms with Crippen molar-refractivity contribution < 1.29 is 0 Å². The van der Waals surface area contributed by atoms with E-state index in [1.165, 1.54) is 11.3 Å². The van der Waals surface area contributed by atoms with Crippen LogP contribution in [-0.2, 0) is 0 Å². The van der Waals surface area contributed by atoms with Gasteiger partial charge in [0.15, 0.2) is 0 Å². The molecule has 2 aromatic heterocycles. The molecule has 5 nitrogen and oxygen atoms in total. The van der Waals surface area contributed by atoms with Crippen molar-refractivity contribution in [3.63, 3.8) is 0 Å². The largest absolute Gasteiger partial charge is 0.311 e. The zero-order valence-electron chi connectivity index (χ0n) is 26.0. The zero-order chi connectivity index (χ0) is 34.0. The summed E-state index contributed by atoms with van der Waals surface area (Å²) in [6.07, 6.45) is 4.17. The van der Waals surface area contributed by atoms with Crippen molar-refractivity contribution in [2.45, 2.75) is 0 Å². The topological polar surface area (TPSA) is 98.4 Å². The SMILES string of the molecule is N#CC(C#N)=C(C(=C(C#N)C#N)c1ccc(-c2ccc(/C=C/c3ccc(N(c4ccccc4)c4ccccc4)cc3)s2)s1)c1ccccc1. The van der Waals surface area contributed by atoms with Crippen molar-refractivity contribution in [1.82, 2.24) is 0 Å². The molecule has 0 fully saturated rings. The number of hydrogen-bond donors (Lipinski definition) is 0. The average molecular weight is 664 g/mol. The molecule has 0 spiro atoms. The van der Waals surface area contributed by atoms with Crippen LogP contribution in [0.4, 0.5) is 17.1 Å². The van der Waals surface area contributed by atoms with E-state index in [4.69, 9.17) is 0 Å². The number of hydrogen-bond acceptors (Lipinski definition) is 7. The van der Waals surface area contributed by atoms with Gasteiger partial charge in [-0.05, 0) is 77.9 Å². The summed E-state index contributed by atoms with van der Waals surface area (Å²) < 4.78 is 0. The summed E-state index contributed by atoms with van der Waals surface area (Å²) in [4.78, 5) is 5.89. The van der Waals surface area contributed by atoms with E-state index in [0.29, 0.717) is 10.4 Å².